The molecular weight excluding hydrogens is 246 g/mol. The Morgan fingerprint density at radius 1 is 1.67 bits per heavy atom. The molecule has 0 spiro atoms. The lowest BCUT2D eigenvalue weighted by molar-refractivity contribution is 0.0956. The van der Waals surface area contributed by atoms with Gasteiger partial charge in [0.2, 0.25) is 0 Å². The van der Waals surface area contributed by atoms with E-state index in [4.69, 9.17) is 5.73 Å². The number of aromatic nitrogens is 1. The third kappa shape index (κ3) is 1.95. The summed E-state index contributed by atoms with van der Waals surface area (Å²) in [5, 5.41) is 2.96. The second kappa shape index (κ2) is 4.24. The minimum Gasteiger partial charge on any atom is -0.396 e. The first-order chi connectivity index (χ1) is 8.66. The van der Waals surface area contributed by atoms with Gasteiger partial charge in [0, 0.05) is 12.7 Å². The highest BCUT2D eigenvalue weighted by molar-refractivity contribution is 7.21. The van der Waals surface area contributed by atoms with Crippen LogP contribution in [-0.2, 0) is 0 Å². The maximum Gasteiger partial charge on any atom is 0.263 e. The Bertz CT molecular complexity index is 607. The van der Waals surface area contributed by atoms with Crippen LogP contribution in [-0.4, -0.2) is 17.4 Å². The van der Waals surface area contributed by atoms with E-state index in [2.05, 4.69) is 17.2 Å². The van der Waals surface area contributed by atoms with Gasteiger partial charge in [-0.05, 0) is 30.4 Å². The number of hydrogen-bond donors (Lipinski definition) is 2. The molecule has 3 rings (SSSR count). The molecule has 0 aliphatic heterocycles. The molecule has 0 radical (unpaired) electrons. The number of hydrogen-bond acceptors (Lipinski definition) is 4. The number of carbonyl (C=O) groups excluding carboxylic acids is 1. The summed E-state index contributed by atoms with van der Waals surface area (Å²) < 4.78 is 0.958. The van der Waals surface area contributed by atoms with Gasteiger partial charge in [-0.25, -0.2) is 0 Å². The fourth-order valence-corrected chi connectivity index (χ4v) is 3.10. The zero-order chi connectivity index (χ0) is 12.7. The van der Waals surface area contributed by atoms with Gasteiger partial charge in [-0.15, -0.1) is 11.3 Å². The lowest BCUT2D eigenvalue weighted by Gasteiger charge is -2.02. The lowest BCUT2D eigenvalue weighted by Crippen LogP contribution is -2.25. The summed E-state index contributed by atoms with van der Waals surface area (Å²) in [4.78, 5) is 16.9. The molecule has 1 fully saturated rings. The highest BCUT2D eigenvalue weighted by atomic mass is 32.1. The van der Waals surface area contributed by atoms with E-state index in [0.717, 1.165) is 22.7 Å². The van der Waals surface area contributed by atoms with Crippen LogP contribution in [0.4, 0.5) is 5.69 Å². The van der Waals surface area contributed by atoms with Gasteiger partial charge >= 0.3 is 0 Å². The minimum atomic E-state index is -0.0744. The number of nitrogens with zero attached hydrogens (tertiary/aromatic N) is 1. The molecule has 18 heavy (non-hydrogen) atoms. The summed E-state index contributed by atoms with van der Waals surface area (Å²) >= 11 is 1.41. The van der Waals surface area contributed by atoms with Crippen LogP contribution in [0.15, 0.2) is 18.3 Å². The van der Waals surface area contributed by atoms with Crippen LogP contribution in [0.2, 0.25) is 0 Å². The maximum absolute atomic E-state index is 12.1. The fraction of sp³-hybridized carbons (Fsp3) is 0.385. The van der Waals surface area contributed by atoms with Crippen molar-refractivity contribution in [3.05, 3.63) is 23.2 Å². The smallest absolute Gasteiger partial charge is 0.263 e. The Kier molecular flexibility index (Phi) is 2.70. The quantitative estimate of drug-likeness (QED) is 0.890. The monoisotopic (exact) mass is 261 g/mol. The van der Waals surface area contributed by atoms with Gasteiger partial charge in [0.25, 0.3) is 5.91 Å². The summed E-state index contributed by atoms with van der Waals surface area (Å²) in [5.41, 5.74) is 7.20. The van der Waals surface area contributed by atoms with E-state index in [1.807, 2.05) is 12.1 Å². The van der Waals surface area contributed by atoms with Crippen molar-refractivity contribution in [2.45, 2.75) is 13.3 Å². The Morgan fingerprint density at radius 3 is 3.11 bits per heavy atom. The van der Waals surface area contributed by atoms with Gasteiger partial charge in [0.05, 0.1) is 10.4 Å². The van der Waals surface area contributed by atoms with Crippen molar-refractivity contribution in [3.63, 3.8) is 0 Å². The number of nitrogen functional groups attached to an aromatic ring is 1. The van der Waals surface area contributed by atoms with Crippen molar-refractivity contribution in [2.75, 3.05) is 12.3 Å². The molecule has 0 saturated heterocycles. The Morgan fingerprint density at radius 2 is 2.44 bits per heavy atom. The van der Waals surface area contributed by atoms with Crippen LogP contribution >= 0.6 is 11.3 Å². The summed E-state index contributed by atoms with van der Waals surface area (Å²) in [6.45, 7) is 2.95. The second-order valence-electron chi connectivity index (χ2n) is 4.88. The number of anilines is 1. The van der Waals surface area contributed by atoms with Crippen molar-refractivity contribution < 1.29 is 4.79 Å². The van der Waals surface area contributed by atoms with E-state index in [1.165, 1.54) is 17.8 Å². The van der Waals surface area contributed by atoms with Gasteiger partial charge < -0.3 is 11.1 Å². The van der Waals surface area contributed by atoms with E-state index in [0.29, 0.717) is 16.5 Å². The summed E-state index contributed by atoms with van der Waals surface area (Å²) in [6.07, 6.45) is 2.91. The van der Waals surface area contributed by atoms with Crippen molar-refractivity contribution >= 4 is 33.1 Å². The molecule has 2 atom stereocenters. The number of rotatable bonds is 3. The molecule has 0 bridgehead atoms. The number of amides is 1. The predicted molar refractivity (Wildman–Crippen MR) is 73.6 cm³/mol. The van der Waals surface area contributed by atoms with Gasteiger partial charge in [-0.3, -0.25) is 9.78 Å². The maximum atomic E-state index is 12.1. The average molecular weight is 261 g/mol. The second-order valence-corrected chi connectivity index (χ2v) is 5.93. The van der Waals surface area contributed by atoms with E-state index in [-0.39, 0.29) is 5.91 Å². The Balaban J connectivity index is 1.80. The van der Waals surface area contributed by atoms with Crippen LogP contribution in [0.3, 0.4) is 0 Å². The normalized spacial score (nSPS) is 22.1. The summed E-state index contributed by atoms with van der Waals surface area (Å²) in [5.74, 6) is 1.31. The van der Waals surface area contributed by atoms with Gasteiger partial charge in [0.15, 0.2) is 0 Å². The van der Waals surface area contributed by atoms with Gasteiger partial charge in [0.1, 0.15) is 10.4 Å². The number of nitrogens with two attached hydrogens (primary N) is 1. The molecule has 3 N–H and O–H groups in total. The lowest BCUT2D eigenvalue weighted by atomic mass is 10.3. The number of pyridine rings is 1. The minimum absolute atomic E-state index is 0.0744. The van der Waals surface area contributed by atoms with E-state index < -0.39 is 0 Å². The zero-order valence-corrected chi connectivity index (χ0v) is 11.0. The Hall–Kier alpha value is -1.62. The molecule has 4 nitrogen and oxygen atoms in total. The molecule has 1 saturated carbocycles. The molecule has 0 aromatic carbocycles. The number of nitrogens with one attached hydrogen (secondary N) is 1. The average Bonchev–Trinajstić information content (AvgIpc) is 2.98. The predicted octanol–water partition coefficient (Wildman–Crippen LogP) is 2.26. The SMILES string of the molecule is CC1CC1CNC(=O)c1sc2cccnc2c1N. The molecule has 2 aromatic heterocycles. The highest BCUT2D eigenvalue weighted by Crippen LogP contribution is 2.37. The first kappa shape index (κ1) is 11.5. The molecule has 5 heteroatoms. The van der Waals surface area contributed by atoms with Crippen molar-refractivity contribution in [3.8, 4) is 0 Å². The van der Waals surface area contributed by atoms with Gasteiger partial charge in [-0.1, -0.05) is 6.92 Å². The molecule has 2 unspecified atom stereocenters. The fourth-order valence-electron chi connectivity index (χ4n) is 2.10. The van der Waals surface area contributed by atoms with Crippen molar-refractivity contribution in [1.82, 2.24) is 10.3 Å². The molecule has 1 amide bonds. The molecule has 2 aromatic rings. The first-order valence-electron chi connectivity index (χ1n) is 6.08. The zero-order valence-electron chi connectivity index (χ0n) is 10.1. The Labute approximate surface area is 109 Å². The van der Waals surface area contributed by atoms with Crippen molar-refractivity contribution in [2.24, 2.45) is 11.8 Å². The van der Waals surface area contributed by atoms with Crippen LogP contribution in [0.5, 0.6) is 0 Å². The van der Waals surface area contributed by atoms with Crippen LogP contribution in [0.1, 0.15) is 23.0 Å². The molecule has 1 aliphatic rings. The summed E-state index contributed by atoms with van der Waals surface area (Å²) in [7, 11) is 0. The molecule has 2 heterocycles. The van der Waals surface area contributed by atoms with Crippen LogP contribution in [0.25, 0.3) is 10.2 Å². The van der Waals surface area contributed by atoms with E-state index >= 15 is 0 Å². The van der Waals surface area contributed by atoms with Gasteiger partial charge in [-0.2, -0.15) is 0 Å². The summed E-state index contributed by atoms with van der Waals surface area (Å²) in [6, 6.07) is 3.79. The van der Waals surface area contributed by atoms with Crippen LogP contribution < -0.4 is 11.1 Å². The molecular formula is C13H15N3OS. The molecule has 94 valence electrons. The standard InChI is InChI=1S/C13H15N3OS/c1-7-5-8(7)6-16-13(17)12-10(14)11-9(18-12)3-2-4-15-11/h2-4,7-8H,5-6,14H2,1H3,(H,16,17). The number of thiophene rings is 1. The third-order valence-corrected chi connectivity index (χ3v) is 4.65. The van der Waals surface area contributed by atoms with E-state index in [1.54, 1.807) is 6.20 Å². The number of carbonyl (C=O) groups is 1. The van der Waals surface area contributed by atoms with Crippen LogP contribution in [0, 0.1) is 11.8 Å². The topological polar surface area (TPSA) is 68.0 Å². The first-order valence-corrected chi connectivity index (χ1v) is 6.89. The highest BCUT2D eigenvalue weighted by Gasteiger charge is 2.32. The third-order valence-electron chi connectivity index (χ3n) is 3.49. The molecule has 1 aliphatic carbocycles. The van der Waals surface area contributed by atoms with Crippen molar-refractivity contribution in [1.29, 1.82) is 0 Å². The van der Waals surface area contributed by atoms with E-state index in [9.17, 15) is 4.79 Å². The number of fused-ring (bicyclic) bond motifs is 1. The largest absolute Gasteiger partial charge is 0.396 e.